The van der Waals surface area contributed by atoms with Crippen molar-refractivity contribution < 1.29 is 14.3 Å². The van der Waals surface area contributed by atoms with E-state index in [4.69, 9.17) is 4.74 Å². The van der Waals surface area contributed by atoms with Gasteiger partial charge in [-0.05, 0) is 50.2 Å². The first-order chi connectivity index (χ1) is 12.5. The molecule has 0 spiro atoms. The number of hydrogen-bond donors (Lipinski definition) is 3. The monoisotopic (exact) mass is 353 g/mol. The summed E-state index contributed by atoms with van der Waals surface area (Å²) in [5, 5.41) is 8.08. The second-order valence-electron chi connectivity index (χ2n) is 5.76. The average molecular weight is 353 g/mol. The number of benzene rings is 2. The summed E-state index contributed by atoms with van der Waals surface area (Å²) in [6.45, 7) is 7.60. The molecular formula is C20H23N3O3. The fourth-order valence-electron chi connectivity index (χ4n) is 2.10. The van der Waals surface area contributed by atoms with E-state index in [1.54, 1.807) is 37.3 Å². The van der Waals surface area contributed by atoms with Gasteiger partial charge in [0.05, 0.1) is 0 Å². The van der Waals surface area contributed by atoms with Crippen LogP contribution in [0.5, 0.6) is 5.75 Å². The van der Waals surface area contributed by atoms with Gasteiger partial charge in [0.15, 0.2) is 6.10 Å². The largest absolute Gasteiger partial charge is 0.481 e. The molecule has 136 valence electrons. The Kier molecular flexibility index (Phi) is 6.79. The highest BCUT2D eigenvalue weighted by atomic mass is 16.5. The van der Waals surface area contributed by atoms with Gasteiger partial charge in [-0.25, -0.2) is 4.79 Å². The Morgan fingerprint density at radius 1 is 1.04 bits per heavy atom. The van der Waals surface area contributed by atoms with Gasteiger partial charge >= 0.3 is 6.03 Å². The van der Waals surface area contributed by atoms with Crippen molar-refractivity contribution in [2.24, 2.45) is 0 Å². The van der Waals surface area contributed by atoms with Crippen molar-refractivity contribution >= 4 is 23.3 Å². The Bertz CT molecular complexity index is 755. The molecule has 1 atom stereocenters. The maximum absolute atomic E-state index is 12.2. The summed E-state index contributed by atoms with van der Waals surface area (Å²) >= 11 is 0. The third kappa shape index (κ3) is 5.98. The highest BCUT2D eigenvalue weighted by Gasteiger charge is 2.14. The Morgan fingerprint density at radius 3 is 2.19 bits per heavy atom. The van der Waals surface area contributed by atoms with E-state index in [1.807, 2.05) is 31.2 Å². The number of urea groups is 1. The molecule has 6 heteroatoms. The van der Waals surface area contributed by atoms with Crippen LogP contribution >= 0.6 is 0 Å². The molecule has 6 nitrogen and oxygen atoms in total. The lowest BCUT2D eigenvalue weighted by molar-refractivity contribution is -0.122. The molecule has 3 N–H and O–H groups in total. The highest BCUT2D eigenvalue weighted by Crippen LogP contribution is 2.16. The first-order valence-corrected chi connectivity index (χ1v) is 8.28. The van der Waals surface area contributed by atoms with Crippen LogP contribution in [0, 0.1) is 6.92 Å². The fourth-order valence-corrected chi connectivity index (χ4v) is 2.10. The van der Waals surface area contributed by atoms with E-state index in [1.165, 1.54) is 0 Å². The SMILES string of the molecule is C=CCNC(=O)Nc1ccc(NC(=O)C(C)Oc2ccc(C)cc2)cc1. The van der Waals surface area contributed by atoms with Gasteiger partial charge in [-0.1, -0.05) is 23.8 Å². The molecule has 0 aromatic heterocycles. The lowest BCUT2D eigenvalue weighted by Crippen LogP contribution is -2.30. The number of carbonyl (C=O) groups is 2. The van der Waals surface area contributed by atoms with Crippen LogP contribution in [0.3, 0.4) is 0 Å². The van der Waals surface area contributed by atoms with Gasteiger partial charge in [-0.3, -0.25) is 4.79 Å². The summed E-state index contributed by atoms with van der Waals surface area (Å²) in [4.78, 5) is 23.8. The molecule has 1 unspecified atom stereocenters. The van der Waals surface area contributed by atoms with Gasteiger partial charge < -0.3 is 20.7 Å². The second kappa shape index (κ2) is 9.27. The summed E-state index contributed by atoms with van der Waals surface area (Å²) in [7, 11) is 0. The van der Waals surface area contributed by atoms with E-state index in [9.17, 15) is 9.59 Å². The van der Waals surface area contributed by atoms with Gasteiger partial charge in [-0.2, -0.15) is 0 Å². The molecular weight excluding hydrogens is 330 g/mol. The van der Waals surface area contributed by atoms with Crippen LogP contribution < -0.4 is 20.7 Å². The molecule has 0 aliphatic carbocycles. The zero-order valence-corrected chi connectivity index (χ0v) is 14.9. The molecule has 26 heavy (non-hydrogen) atoms. The van der Waals surface area contributed by atoms with E-state index < -0.39 is 6.10 Å². The normalized spacial score (nSPS) is 11.2. The van der Waals surface area contributed by atoms with E-state index in [2.05, 4.69) is 22.5 Å². The molecule has 2 aromatic rings. The summed E-state index contributed by atoms with van der Waals surface area (Å²) in [5.41, 5.74) is 2.36. The molecule has 0 aliphatic heterocycles. The maximum Gasteiger partial charge on any atom is 0.319 e. The van der Waals surface area contributed by atoms with Crippen LogP contribution in [0.25, 0.3) is 0 Å². The van der Waals surface area contributed by atoms with Gasteiger partial charge in [0.1, 0.15) is 5.75 Å². The van der Waals surface area contributed by atoms with Crippen LogP contribution in [-0.4, -0.2) is 24.6 Å². The number of rotatable bonds is 7. The predicted molar refractivity (Wildman–Crippen MR) is 104 cm³/mol. The van der Waals surface area contributed by atoms with Crippen molar-refractivity contribution in [2.75, 3.05) is 17.2 Å². The van der Waals surface area contributed by atoms with Crippen LogP contribution in [-0.2, 0) is 4.79 Å². The standard InChI is InChI=1S/C20H23N3O3/c1-4-13-21-20(25)23-17-9-7-16(8-10-17)22-19(24)15(3)26-18-11-5-14(2)6-12-18/h4-12,15H,1,13H2,2-3H3,(H,22,24)(H2,21,23,25). The van der Waals surface area contributed by atoms with Gasteiger partial charge in [0, 0.05) is 17.9 Å². The molecule has 0 aliphatic rings. The predicted octanol–water partition coefficient (Wildman–Crippen LogP) is 3.71. The maximum atomic E-state index is 12.2. The number of hydrogen-bond acceptors (Lipinski definition) is 3. The Labute approximate surface area is 153 Å². The minimum absolute atomic E-state index is 0.255. The smallest absolute Gasteiger partial charge is 0.319 e. The quantitative estimate of drug-likeness (QED) is 0.664. The number of nitrogens with one attached hydrogen (secondary N) is 3. The zero-order valence-electron chi connectivity index (χ0n) is 14.9. The molecule has 0 saturated carbocycles. The fraction of sp³-hybridized carbons (Fsp3) is 0.200. The van der Waals surface area contributed by atoms with E-state index in [-0.39, 0.29) is 11.9 Å². The summed E-state index contributed by atoms with van der Waals surface area (Å²) < 4.78 is 5.63. The van der Waals surface area contributed by atoms with Crippen LogP contribution in [0.1, 0.15) is 12.5 Å². The van der Waals surface area contributed by atoms with Crippen molar-refractivity contribution in [3.63, 3.8) is 0 Å². The first-order valence-electron chi connectivity index (χ1n) is 8.28. The van der Waals surface area contributed by atoms with E-state index >= 15 is 0 Å². The van der Waals surface area contributed by atoms with Gasteiger partial charge in [0.2, 0.25) is 0 Å². The number of amides is 3. The van der Waals surface area contributed by atoms with Crippen molar-refractivity contribution in [3.05, 3.63) is 66.7 Å². The summed E-state index contributed by atoms with van der Waals surface area (Å²) in [5.74, 6) is 0.387. The number of anilines is 2. The van der Waals surface area contributed by atoms with Gasteiger partial charge in [0.25, 0.3) is 5.91 Å². The Morgan fingerprint density at radius 2 is 1.62 bits per heavy atom. The molecule has 0 heterocycles. The van der Waals surface area contributed by atoms with Gasteiger partial charge in [-0.15, -0.1) is 6.58 Å². The average Bonchev–Trinajstić information content (AvgIpc) is 2.63. The second-order valence-corrected chi connectivity index (χ2v) is 5.76. The zero-order chi connectivity index (χ0) is 18.9. The number of carbonyl (C=O) groups excluding carboxylic acids is 2. The third-order valence-corrected chi connectivity index (χ3v) is 3.52. The van der Waals surface area contributed by atoms with Crippen molar-refractivity contribution in [1.29, 1.82) is 0 Å². The van der Waals surface area contributed by atoms with Crippen molar-refractivity contribution in [3.8, 4) is 5.75 Å². The minimum atomic E-state index is -0.639. The summed E-state index contributed by atoms with van der Waals surface area (Å²) in [6.07, 6.45) is 0.957. The minimum Gasteiger partial charge on any atom is -0.481 e. The molecule has 3 amide bonds. The third-order valence-electron chi connectivity index (χ3n) is 3.52. The lowest BCUT2D eigenvalue weighted by Gasteiger charge is -2.15. The highest BCUT2D eigenvalue weighted by molar-refractivity contribution is 5.94. The lowest BCUT2D eigenvalue weighted by atomic mass is 10.2. The Hall–Kier alpha value is -3.28. The number of aryl methyl sites for hydroxylation is 1. The van der Waals surface area contributed by atoms with Crippen LogP contribution in [0.2, 0.25) is 0 Å². The van der Waals surface area contributed by atoms with Crippen molar-refractivity contribution in [2.45, 2.75) is 20.0 Å². The Balaban J connectivity index is 1.87. The first kappa shape index (κ1) is 19.1. The molecule has 2 rings (SSSR count). The van der Waals surface area contributed by atoms with E-state index in [0.717, 1.165) is 5.56 Å². The molecule has 0 radical (unpaired) electrons. The van der Waals surface area contributed by atoms with Crippen molar-refractivity contribution in [1.82, 2.24) is 5.32 Å². The summed E-state index contributed by atoms with van der Waals surface area (Å²) in [6, 6.07) is 14.0. The topological polar surface area (TPSA) is 79.5 Å². The molecule has 0 fully saturated rings. The number of ether oxygens (including phenoxy) is 1. The molecule has 0 bridgehead atoms. The van der Waals surface area contributed by atoms with E-state index in [0.29, 0.717) is 23.7 Å². The van der Waals surface area contributed by atoms with Crippen LogP contribution in [0.15, 0.2) is 61.2 Å². The van der Waals surface area contributed by atoms with Crippen LogP contribution in [0.4, 0.5) is 16.2 Å². The molecule has 0 saturated heterocycles. The molecule has 2 aromatic carbocycles.